The molecule has 1 aromatic carbocycles. The summed E-state index contributed by atoms with van der Waals surface area (Å²) in [6.07, 6.45) is 2.65. The summed E-state index contributed by atoms with van der Waals surface area (Å²) < 4.78 is 0. The Labute approximate surface area is 129 Å². The number of anilines is 2. The average Bonchev–Trinajstić information content (AvgIpc) is 2.95. The van der Waals surface area contributed by atoms with Gasteiger partial charge in [-0.2, -0.15) is 0 Å². The first kappa shape index (κ1) is 14.3. The maximum Gasteiger partial charge on any atom is 0.149 e. The van der Waals surface area contributed by atoms with Crippen LogP contribution in [0, 0.1) is 0 Å². The molecule has 0 spiro atoms. The predicted molar refractivity (Wildman–Crippen MR) is 87.5 cm³/mol. The van der Waals surface area contributed by atoms with Gasteiger partial charge in [0.25, 0.3) is 0 Å². The van der Waals surface area contributed by atoms with Crippen LogP contribution in [-0.4, -0.2) is 24.4 Å². The SMILES string of the molecule is CC1NNC(c2cccnc2N(C)c2ccccc2)=C1C=O. The van der Waals surface area contributed by atoms with Crippen molar-refractivity contribution < 1.29 is 4.79 Å². The number of para-hydroxylation sites is 1. The molecule has 1 aromatic heterocycles. The number of aromatic nitrogens is 1. The molecule has 3 rings (SSSR count). The van der Waals surface area contributed by atoms with E-state index in [1.54, 1.807) is 6.20 Å². The molecule has 0 radical (unpaired) electrons. The summed E-state index contributed by atoms with van der Waals surface area (Å²) >= 11 is 0. The fraction of sp³-hybridized carbons (Fsp3) is 0.176. The van der Waals surface area contributed by atoms with E-state index in [0.29, 0.717) is 5.57 Å². The summed E-state index contributed by atoms with van der Waals surface area (Å²) in [7, 11) is 1.97. The molecule has 0 aliphatic carbocycles. The number of hydrogen-bond acceptors (Lipinski definition) is 5. The minimum absolute atomic E-state index is 0.0254. The zero-order valence-electron chi connectivity index (χ0n) is 12.6. The predicted octanol–water partition coefficient (Wildman–Crippen LogP) is 2.26. The molecule has 2 N–H and O–H groups in total. The van der Waals surface area contributed by atoms with E-state index < -0.39 is 0 Å². The number of aldehydes is 1. The Morgan fingerprint density at radius 2 is 1.95 bits per heavy atom. The zero-order valence-corrected chi connectivity index (χ0v) is 12.6. The molecule has 1 aliphatic rings. The van der Waals surface area contributed by atoms with Crippen LogP contribution in [0.4, 0.5) is 11.5 Å². The Morgan fingerprint density at radius 1 is 1.18 bits per heavy atom. The van der Waals surface area contributed by atoms with Crippen LogP contribution in [-0.2, 0) is 4.79 Å². The molecule has 0 saturated heterocycles. The average molecular weight is 294 g/mol. The second-order valence-corrected chi connectivity index (χ2v) is 5.21. The van der Waals surface area contributed by atoms with Crippen molar-refractivity contribution >= 4 is 23.5 Å². The number of rotatable bonds is 4. The quantitative estimate of drug-likeness (QED) is 0.847. The van der Waals surface area contributed by atoms with E-state index in [1.807, 2.05) is 61.3 Å². The summed E-state index contributed by atoms with van der Waals surface area (Å²) in [5, 5.41) is 0. The van der Waals surface area contributed by atoms with Crippen LogP contribution >= 0.6 is 0 Å². The monoisotopic (exact) mass is 294 g/mol. The minimum atomic E-state index is -0.0254. The lowest BCUT2D eigenvalue weighted by Crippen LogP contribution is -2.30. The van der Waals surface area contributed by atoms with Crippen LogP contribution in [0.1, 0.15) is 12.5 Å². The lowest BCUT2D eigenvalue weighted by atomic mass is 10.0. The van der Waals surface area contributed by atoms with E-state index in [0.717, 1.165) is 29.1 Å². The van der Waals surface area contributed by atoms with Crippen molar-refractivity contribution in [1.82, 2.24) is 15.8 Å². The third-order valence-corrected chi connectivity index (χ3v) is 3.81. The Morgan fingerprint density at radius 3 is 2.68 bits per heavy atom. The Bertz CT molecular complexity index is 712. The molecule has 0 fully saturated rings. The molecule has 0 amide bonds. The Kier molecular flexibility index (Phi) is 3.89. The molecule has 22 heavy (non-hydrogen) atoms. The number of nitrogens with one attached hydrogen (secondary N) is 2. The molecule has 0 saturated carbocycles. The first-order chi connectivity index (χ1) is 10.7. The molecule has 1 unspecified atom stereocenters. The third kappa shape index (κ3) is 2.46. The molecule has 1 atom stereocenters. The van der Waals surface area contributed by atoms with Crippen molar-refractivity contribution in [2.75, 3.05) is 11.9 Å². The number of pyridine rings is 1. The van der Waals surface area contributed by atoms with Crippen molar-refractivity contribution in [1.29, 1.82) is 0 Å². The molecule has 0 bridgehead atoms. The molecular formula is C17H18N4O. The van der Waals surface area contributed by atoms with Gasteiger partial charge in [0.2, 0.25) is 0 Å². The topological polar surface area (TPSA) is 57.3 Å². The van der Waals surface area contributed by atoms with Gasteiger partial charge in [-0.25, -0.2) is 10.4 Å². The van der Waals surface area contributed by atoms with Crippen LogP contribution in [0.2, 0.25) is 0 Å². The van der Waals surface area contributed by atoms with Crippen molar-refractivity contribution in [2.24, 2.45) is 0 Å². The van der Waals surface area contributed by atoms with Crippen LogP contribution < -0.4 is 15.8 Å². The van der Waals surface area contributed by atoms with E-state index >= 15 is 0 Å². The maximum atomic E-state index is 11.4. The molecule has 1 aliphatic heterocycles. The van der Waals surface area contributed by atoms with Crippen molar-refractivity contribution in [3.63, 3.8) is 0 Å². The fourth-order valence-corrected chi connectivity index (χ4v) is 2.56. The summed E-state index contributed by atoms with van der Waals surface area (Å²) in [4.78, 5) is 17.9. The number of hydrogen-bond donors (Lipinski definition) is 2. The molecule has 5 nitrogen and oxygen atoms in total. The van der Waals surface area contributed by atoms with Crippen LogP contribution in [0.3, 0.4) is 0 Å². The normalized spacial score (nSPS) is 17.3. The van der Waals surface area contributed by atoms with E-state index in [9.17, 15) is 4.79 Å². The maximum absolute atomic E-state index is 11.4. The van der Waals surface area contributed by atoms with Crippen molar-refractivity contribution in [3.05, 3.63) is 59.8 Å². The van der Waals surface area contributed by atoms with Gasteiger partial charge in [-0.3, -0.25) is 4.79 Å². The highest BCUT2D eigenvalue weighted by Crippen LogP contribution is 2.31. The second-order valence-electron chi connectivity index (χ2n) is 5.21. The van der Waals surface area contributed by atoms with E-state index in [2.05, 4.69) is 15.8 Å². The molecule has 2 heterocycles. The largest absolute Gasteiger partial charge is 0.329 e. The van der Waals surface area contributed by atoms with Crippen molar-refractivity contribution in [2.45, 2.75) is 13.0 Å². The summed E-state index contributed by atoms with van der Waals surface area (Å²) in [6, 6.07) is 13.8. The molecule has 2 aromatic rings. The van der Waals surface area contributed by atoms with Gasteiger partial charge < -0.3 is 10.3 Å². The zero-order chi connectivity index (χ0) is 15.5. The number of carbonyl (C=O) groups excluding carboxylic acids is 1. The van der Waals surface area contributed by atoms with E-state index in [-0.39, 0.29) is 6.04 Å². The highest BCUT2D eigenvalue weighted by Gasteiger charge is 2.25. The second kappa shape index (κ2) is 5.99. The first-order valence-electron chi connectivity index (χ1n) is 7.17. The molecule has 112 valence electrons. The third-order valence-electron chi connectivity index (χ3n) is 3.81. The summed E-state index contributed by atoms with van der Waals surface area (Å²) in [6.45, 7) is 1.95. The van der Waals surface area contributed by atoms with Gasteiger partial charge in [0.05, 0.1) is 11.7 Å². The van der Waals surface area contributed by atoms with Gasteiger partial charge in [-0.15, -0.1) is 0 Å². The van der Waals surface area contributed by atoms with Gasteiger partial charge >= 0.3 is 0 Å². The van der Waals surface area contributed by atoms with E-state index in [1.165, 1.54) is 0 Å². The Hall–Kier alpha value is -2.66. The van der Waals surface area contributed by atoms with Crippen molar-refractivity contribution in [3.8, 4) is 0 Å². The lowest BCUT2D eigenvalue weighted by molar-refractivity contribution is -0.105. The minimum Gasteiger partial charge on any atom is -0.329 e. The lowest BCUT2D eigenvalue weighted by Gasteiger charge is -2.21. The van der Waals surface area contributed by atoms with Gasteiger partial charge in [0, 0.05) is 30.1 Å². The number of nitrogens with zero attached hydrogens (tertiary/aromatic N) is 2. The number of hydrazine groups is 1. The standard InChI is InChI=1S/C17H18N4O/c1-12-15(11-22)16(20-19-12)14-9-6-10-18-17(14)21(2)13-7-4-3-5-8-13/h3-12,19-20H,1-2H3. The van der Waals surface area contributed by atoms with Gasteiger partial charge in [0.1, 0.15) is 12.1 Å². The summed E-state index contributed by atoms with van der Waals surface area (Å²) in [5.41, 5.74) is 9.60. The first-order valence-corrected chi connectivity index (χ1v) is 7.17. The molecular weight excluding hydrogens is 276 g/mol. The smallest absolute Gasteiger partial charge is 0.149 e. The fourth-order valence-electron chi connectivity index (χ4n) is 2.56. The van der Waals surface area contributed by atoms with E-state index in [4.69, 9.17) is 0 Å². The summed E-state index contributed by atoms with van der Waals surface area (Å²) in [5.74, 6) is 0.798. The number of benzene rings is 1. The van der Waals surface area contributed by atoms with Gasteiger partial charge in [-0.05, 0) is 31.2 Å². The highest BCUT2D eigenvalue weighted by molar-refractivity contribution is 5.93. The van der Waals surface area contributed by atoms with Gasteiger partial charge in [0.15, 0.2) is 0 Å². The van der Waals surface area contributed by atoms with Crippen LogP contribution in [0.25, 0.3) is 5.70 Å². The Balaban J connectivity index is 2.08. The van der Waals surface area contributed by atoms with Crippen LogP contribution in [0.15, 0.2) is 54.2 Å². The highest BCUT2D eigenvalue weighted by atomic mass is 16.1. The number of carbonyl (C=O) groups is 1. The van der Waals surface area contributed by atoms with Crippen LogP contribution in [0.5, 0.6) is 0 Å². The molecule has 5 heteroatoms. The van der Waals surface area contributed by atoms with Gasteiger partial charge in [-0.1, -0.05) is 18.2 Å².